The summed E-state index contributed by atoms with van der Waals surface area (Å²) in [6, 6.07) is 12.1. The van der Waals surface area contributed by atoms with E-state index >= 15 is 0 Å². The van der Waals surface area contributed by atoms with Gasteiger partial charge in [0.25, 0.3) is 11.5 Å². The summed E-state index contributed by atoms with van der Waals surface area (Å²) >= 11 is 0. The highest BCUT2D eigenvalue weighted by Gasteiger charge is 2.33. The van der Waals surface area contributed by atoms with Crippen molar-refractivity contribution in [3.05, 3.63) is 70.4 Å². The molecule has 0 saturated carbocycles. The monoisotopic (exact) mass is 472 g/mol. The molecular weight excluding hydrogens is 447 g/mol. The second kappa shape index (κ2) is 9.03. The number of carbonyl (C=O) groups excluding carboxylic acids is 1. The Morgan fingerprint density at radius 3 is 2.24 bits per heavy atom. The first kappa shape index (κ1) is 23.1. The molecule has 0 bridgehead atoms. The molecular formula is C23H25FN4O4S. The van der Waals surface area contributed by atoms with Crippen molar-refractivity contribution in [3.8, 4) is 0 Å². The van der Waals surface area contributed by atoms with Crippen LogP contribution in [-0.4, -0.2) is 59.5 Å². The molecule has 0 spiro atoms. The summed E-state index contributed by atoms with van der Waals surface area (Å²) in [6.45, 7) is 4.62. The van der Waals surface area contributed by atoms with E-state index < -0.39 is 15.8 Å². The van der Waals surface area contributed by atoms with Gasteiger partial charge < -0.3 is 4.90 Å². The number of rotatable bonds is 5. The highest BCUT2D eigenvalue weighted by molar-refractivity contribution is 7.89. The summed E-state index contributed by atoms with van der Waals surface area (Å²) in [6.07, 6.45) is 0. The van der Waals surface area contributed by atoms with Gasteiger partial charge in [0.1, 0.15) is 10.7 Å². The van der Waals surface area contributed by atoms with Crippen molar-refractivity contribution in [2.24, 2.45) is 5.92 Å². The summed E-state index contributed by atoms with van der Waals surface area (Å²) < 4.78 is 42.3. The van der Waals surface area contributed by atoms with E-state index in [0.717, 1.165) is 6.07 Å². The molecule has 1 aliphatic rings. The van der Waals surface area contributed by atoms with Crippen LogP contribution in [0.15, 0.2) is 58.2 Å². The number of nitrogens with zero attached hydrogens (tertiary/aromatic N) is 4. The van der Waals surface area contributed by atoms with E-state index in [9.17, 15) is 22.4 Å². The van der Waals surface area contributed by atoms with Gasteiger partial charge in [-0.15, -0.1) is 0 Å². The predicted octanol–water partition coefficient (Wildman–Crippen LogP) is 2.34. The van der Waals surface area contributed by atoms with E-state index in [0.29, 0.717) is 17.3 Å². The number of halogens is 1. The minimum atomic E-state index is -4.01. The van der Waals surface area contributed by atoms with Crippen LogP contribution in [-0.2, 0) is 16.6 Å². The van der Waals surface area contributed by atoms with Crippen molar-refractivity contribution in [1.82, 2.24) is 19.0 Å². The first-order valence-corrected chi connectivity index (χ1v) is 12.2. The second-order valence-corrected chi connectivity index (χ2v) is 10.3. The molecule has 3 aromatic rings. The molecule has 1 aromatic heterocycles. The van der Waals surface area contributed by atoms with Crippen LogP contribution >= 0.6 is 0 Å². The van der Waals surface area contributed by atoms with Gasteiger partial charge in [0.15, 0.2) is 5.69 Å². The van der Waals surface area contributed by atoms with Gasteiger partial charge in [0.2, 0.25) is 10.0 Å². The third-order valence-electron chi connectivity index (χ3n) is 5.59. The highest BCUT2D eigenvalue weighted by atomic mass is 32.2. The molecule has 0 N–H and O–H groups in total. The lowest BCUT2D eigenvalue weighted by Gasteiger charge is -2.34. The highest BCUT2D eigenvalue weighted by Crippen LogP contribution is 2.22. The summed E-state index contributed by atoms with van der Waals surface area (Å²) in [7, 11) is -4.01. The lowest BCUT2D eigenvalue weighted by Crippen LogP contribution is -2.51. The van der Waals surface area contributed by atoms with E-state index in [1.165, 1.54) is 32.1 Å². The molecule has 33 heavy (non-hydrogen) atoms. The molecule has 0 aliphatic carbocycles. The molecule has 0 radical (unpaired) electrons. The number of benzene rings is 2. The molecule has 0 unspecified atom stereocenters. The van der Waals surface area contributed by atoms with Gasteiger partial charge in [-0.2, -0.15) is 9.40 Å². The number of hydrogen-bond acceptors (Lipinski definition) is 5. The van der Waals surface area contributed by atoms with Crippen molar-refractivity contribution in [2.75, 3.05) is 26.2 Å². The maximum Gasteiger partial charge on any atom is 0.275 e. The Morgan fingerprint density at radius 1 is 1.00 bits per heavy atom. The predicted molar refractivity (Wildman–Crippen MR) is 122 cm³/mol. The fourth-order valence-corrected chi connectivity index (χ4v) is 5.42. The fraction of sp³-hybridized carbons (Fsp3) is 0.348. The number of aromatic nitrogens is 2. The van der Waals surface area contributed by atoms with Crippen LogP contribution in [0.5, 0.6) is 0 Å². The van der Waals surface area contributed by atoms with Crippen molar-refractivity contribution >= 4 is 26.7 Å². The van der Waals surface area contributed by atoms with E-state index in [1.54, 1.807) is 24.3 Å². The Morgan fingerprint density at radius 2 is 1.61 bits per heavy atom. The van der Waals surface area contributed by atoms with Gasteiger partial charge in [-0.3, -0.25) is 9.59 Å². The number of sulfonamides is 1. The van der Waals surface area contributed by atoms with Gasteiger partial charge in [0.05, 0.1) is 5.39 Å². The van der Waals surface area contributed by atoms with E-state index in [2.05, 4.69) is 5.10 Å². The van der Waals surface area contributed by atoms with Crippen LogP contribution in [0.2, 0.25) is 0 Å². The molecule has 1 aliphatic heterocycles. The number of amides is 1. The summed E-state index contributed by atoms with van der Waals surface area (Å²) in [5.41, 5.74) is -0.0899. The van der Waals surface area contributed by atoms with E-state index in [1.807, 2.05) is 13.8 Å². The third-order valence-corrected chi connectivity index (χ3v) is 7.52. The quantitative estimate of drug-likeness (QED) is 0.568. The average Bonchev–Trinajstić information content (AvgIpc) is 2.80. The normalized spacial score (nSPS) is 15.3. The van der Waals surface area contributed by atoms with Crippen molar-refractivity contribution in [2.45, 2.75) is 25.3 Å². The Kier molecular flexibility index (Phi) is 6.31. The zero-order valence-electron chi connectivity index (χ0n) is 18.4. The molecule has 0 atom stereocenters. The Bertz CT molecular complexity index is 1360. The number of piperazine rings is 1. The lowest BCUT2D eigenvalue weighted by molar-refractivity contribution is 0.0691. The molecule has 10 heteroatoms. The largest absolute Gasteiger partial charge is 0.335 e. The molecule has 4 rings (SSSR count). The maximum atomic E-state index is 14.1. The Balaban J connectivity index is 1.60. The minimum Gasteiger partial charge on any atom is -0.335 e. The summed E-state index contributed by atoms with van der Waals surface area (Å²) in [5.74, 6) is -1.02. The van der Waals surface area contributed by atoms with Crippen molar-refractivity contribution < 1.29 is 17.6 Å². The SMILES string of the molecule is CC(C)Cn1nc(C(=O)N2CCN(S(=O)(=O)c3ccccc3F)CC2)c2ccccc2c1=O. The van der Waals surface area contributed by atoms with Gasteiger partial charge in [0, 0.05) is 38.1 Å². The van der Waals surface area contributed by atoms with Crippen LogP contribution in [0.4, 0.5) is 4.39 Å². The fourth-order valence-electron chi connectivity index (χ4n) is 3.94. The maximum absolute atomic E-state index is 14.1. The number of fused-ring (bicyclic) bond motifs is 1. The lowest BCUT2D eigenvalue weighted by atomic mass is 10.1. The van der Waals surface area contributed by atoms with Crippen LogP contribution in [0.1, 0.15) is 24.3 Å². The zero-order valence-corrected chi connectivity index (χ0v) is 19.3. The third kappa shape index (κ3) is 4.40. The van der Waals surface area contributed by atoms with Gasteiger partial charge in [-0.25, -0.2) is 17.5 Å². The Hall–Kier alpha value is -3.11. The minimum absolute atomic E-state index is 0.0337. The van der Waals surface area contributed by atoms with E-state index in [-0.39, 0.29) is 54.2 Å². The first-order valence-electron chi connectivity index (χ1n) is 10.7. The number of carbonyl (C=O) groups is 1. The second-order valence-electron chi connectivity index (χ2n) is 8.40. The molecule has 1 amide bonds. The molecule has 2 heterocycles. The number of hydrogen-bond donors (Lipinski definition) is 0. The molecule has 174 valence electrons. The molecule has 1 saturated heterocycles. The summed E-state index contributed by atoms with van der Waals surface area (Å²) in [4.78, 5) is 27.3. The first-order chi connectivity index (χ1) is 15.7. The summed E-state index contributed by atoms with van der Waals surface area (Å²) in [5, 5.41) is 5.25. The van der Waals surface area contributed by atoms with Crippen LogP contribution < -0.4 is 5.56 Å². The topological polar surface area (TPSA) is 92.6 Å². The zero-order chi connectivity index (χ0) is 23.8. The van der Waals surface area contributed by atoms with Crippen LogP contribution in [0.3, 0.4) is 0 Å². The van der Waals surface area contributed by atoms with E-state index in [4.69, 9.17) is 0 Å². The standard InChI is InChI=1S/C23H25FN4O4S/c1-16(2)15-28-22(29)18-8-4-3-7-17(18)21(25-28)23(30)26-11-13-27(14-12-26)33(31,32)20-10-6-5-9-19(20)24/h3-10,16H,11-15H2,1-2H3. The van der Waals surface area contributed by atoms with Crippen LogP contribution in [0.25, 0.3) is 10.8 Å². The Labute approximate surface area is 191 Å². The van der Waals surface area contributed by atoms with Gasteiger partial charge in [-0.05, 0) is 24.1 Å². The van der Waals surface area contributed by atoms with Crippen LogP contribution in [0, 0.1) is 11.7 Å². The molecule has 1 fully saturated rings. The average molecular weight is 473 g/mol. The van der Waals surface area contributed by atoms with Gasteiger partial charge in [-0.1, -0.05) is 44.2 Å². The smallest absolute Gasteiger partial charge is 0.275 e. The molecule has 2 aromatic carbocycles. The van der Waals surface area contributed by atoms with Crippen molar-refractivity contribution in [1.29, 1.82) is 0 Å². The van der Waals surface area contributed by atoms with Gasteiger partial charge >= 0.3 is 0 Å². The van der Waals surface area contributed by atoms with Crippen molar-refractivity contribution in [3.63, 3.8) is 0 Å². The molecule has 8 nitrogen and oxygen atoms in total.